The van der Waals surface area contributed by atoms with Gasteiger partial charge in [-0.2, -0.15) is 4.31 Å². The van der Waals surface area contributed by atoms with Gasteiger partial charge in [-0.3, -0.25) is 14.9 Å². The molecule has 0 spiro atoms. The summed E-state index contributed by atoms with van der Waals surface area (Å²) < 4.78 is 30.0. The van der Waals surface area contributed by atoms with Crippen LogP contribution in [0.25, 0.3) is 0 Å². The number of amides is 1. The first kappa shape index (κ1) is 24.9. The van der Waals surface area contributed by atoms with E-state index < -0.39 is 20.6 Å². The topological polar surface area (TPSA) is 106 Å². The second kappa shape index (κ2) is 10.2. The standard InChI is InChI=1S/C24H25ClN4O5S/c1-26-13-5-8-20(26)16-27(15-18-6-3-2-4-7-18)24(30)17-28(19-9-10-19)35(33,34)21-11-12-22(25)23(14-21)29(31)32/h2-8,11-14,19H,9-10,15-17H2,1H3. The van der Waals surface area contributed by atoms with Crippen molar-refractivity contribution in [3.05, 3.63) is 93.3 Å². The Bertz CT molecular complexity index is 1340. The molecule has 9 nitrogen and oxygen atoms in total. The van der Waals surface area contributed by atoms with Crippen molar-refractivity contribution in [3.63, 3.8) is 0 Å². The van der Waals surface area contributed by atoms with Gasteiger partial charge in [-0.05, 0) is 42.7 Å². The molecule has 0 atom stereocenters. The first-order valence-electron chi connectivity index (χ1n) is 11.0. The Morgan fingerprint density at radius 1 is 1.11 bits per heavy atom. The molecule has 0 N–H and O–H groups in total. The van der Waals surface area contributed by atoms with Crippen molar-refractivity contribution in [1.29, 1.82) is 0 Å². The minimum Gasteiger partial charge on any atom is -0.353 e. The van der Waals surface area contributed by atoms with Crippen molar-refractivity contribution in [2.75, 3.05) is 6.54 Å². The molecule has 4 rings (SSSR count). The van der Waals surface area contributed by atoms with Gasteiger partial charge < -0.3 is 9.47 Å². The van der Waals surface area contributed by atoms with E-state index in [-0.39, 0.29) is 28.4 Å². The number of benzene rings is 2. The number of aromatic nitrogens is 1. The Balaban J connectivity index is 1.62. The number of hydrogen-bond donors (Lipinski definition) is 0. The first-order valence-corrected chi connectivity index (χ1v) is 12.9. The smallest absolute Gasteiger partial charge is 0.289 e. The SMILES string of the molecule is Cn1cccc1CN(Cc1ccccc1)C(=O)CN(C1CC1)S(=O)(=O)c1ccc(Cl)c([N+](=O)[O-])c1. The van der Waals surface area contributed by atoms with Crippen molar-refractivity contribution in [2.45, 2.75) is 36.9 Å². The lowest BCUT2D eigenvalue weighted by molar-refractivity contribution is -0.384. The summed E-state index contributed by atoms with van der Waals surface area (Å²) in [4.78, 5) is 25.4. The maximum atomic E-state index is 13.5. The fourth-order valence-electron chi connectivity index (χ4n) is 3.83. The summed E-state index contributed by atoms with van der Waals surface area (Å²) in [6, 6.07) is 16.3. The van der Waals surface area contributed by atoms with Crippen LogP contribution in [0, 0.1) is 10.1 Å². The number of hydrogen-bond acceptors (Lipinski definition) is 5. The molecule has 0 aliphatic heterocycles. The van der Waals surface area contributed by atoms with E-state index >= 15 is 0 Å². The van der Waals surface area contributed by atoms with Crippen LogP contribution in [0.3, 0.4) is 0 Å². The quantitative estimate of drug-likeness (QED) is 0.299. The molecule has 0 unspecified atom stereocenters. The van der Waals surface area contributed by atoms with Gasteiger partial charge in [0.2, 0.25) is 15.9 Å². The van der Waals surface area contributed by atoms with E-state index in [1.54, 1.807) is 4.90 Å². The van der Waals surface area contributed by atoms with Crippen LogP contribution in [-0.4, -0.2) is 45.6 Å². The highest BCUT2D eigenvalue weighted by atomic mass is 35.5. The molecule has 1 saturated carbocycles. The molecule has 1 heterocycles. The Morgan fingerprint density at radius 3 is 2.43 bits per heavy atom. The summed E-state index contributed by atoms with van der Waals surface area (Å²) in [6.45, 7) is 0.263. The van der Waals surface area contributed by atoms with E-state index in [4.69, 9.17) is 11.6 Å². The highest BCUT2D eigenvalue weighted by Gasteiger charge is 2.40. The number of nitrogens with zero attached hydrogens (tertiary/aromatic N) is 4. The van der Waals surface area contributed by atoms with E-state index in [0.717, 1.165) is 21.6 Å². The summed E-state index contributed by atoms with van der Waals surface area (Å²) >= 11 is 5.87. The van der Waals surface area contributed by atoms with Crippen LogP contribution in [0.2, 0.25) is 5.02 Å². The molecular weight excluding hydrogens is 492 g/mol. The molecule has 0 bridgehead atoms. The van der Waals surface area contributed by atoms with Crippen LogP contribution in [0.4, 0.5) is 5.69 Å². The molecule has 1 aromatic heterocycles. The van der Waals surface area contributed by atoms with Gasteiger partial charge in [0.05, 0.1) is 22.9 Å². The second-order valence-corrected chi connectivity index (χ2v) is 10.8. The summed E-state index contributed by atoms with van der Waals surface area (Å²) in [5, 5.41) is 11.1. The molecular formula is C24H25ClN4O5S. The number of carbonyl (C=O) groups excluding carboxylic acids is 1. The van der Waals surface area contributed by atoms with Gasteiger partial charge in [0.1, 0.15) is 5.02 Å². The highest BCUT2D eigenvalue weighted by Crippen LogP contribution is 2.34. The fraction of sp³-hybridized carbons (Fsp3) is 0.292. The monoisotopic (exact) mass is 516 g/mol. The van der Waals surface area contributed by atoms with Crippen LogP contribution in [0.15, 0.2) is 71.8 Å². The highest BCUT2D eigenvalue weighted by molar-refractivity contribution is 7.89. The minimum absolute atomic E-state index is 0.153. The molecule has 35 heavy (non-hydrogen) atoms. The molecule has 1 aliphatic rings. The van der Waals surface area contributed by atoms with E-state index in [1.165, 1.54) is 12.1 Å². The fourth-order valence-corrected chi connectivity index (χ4v) is 5.67. The van der Waals surface area contributed by atoms with Gasteiger partial charge in [0.15, 0.2) is 0 Å². The maximum Gasteiger partial charge on any atom is 0.289 e. The Labute approximate surface area is 208 Å². The van der Waals surface area contributed by atoms with E-state index in [1.807, 2.05) is 60.3 Å². The van der Waals surface area contributed by atoms with Gasteiger partial charge in [0.25, 0.3) is 5.69 Å². The zero-order valence-corrected chi connectivity index (χ0v) is 20.7. The molecule has 3 aromatic rings. The number of rotatable bonds is 10. The van der Waals surface area contributed by atoms with Gasteiger partial charge >= 0.3 is 0 Å². The molecule has 0 radical (unpaired) electrons. The average molecular weight is 517 g/mol. The lowest BCUT2D eigenvalue weighted by Gasteiger charge is -2.27. The van der Waals surface area contributed by atoms with Crippen molar-refractivity contribution < 1.29 is 18.1 Å². The summed E-state index contributed by atoms with van der Waals surface area (Å²) in [6.07, 6.45) is 3.13. The van der Waals surface area contributed by atoms with Gasteiger partial charge in [0, 0.05) is 37.6 Å². The molecule has 1 fully saturated rings. The molecule has 2 aromatic carbocycles. The number of nitro benzene ring substituents is 1. The van der Waals surface area contributed by atoms with Crippen LogP contribution < -0.4 is 0 Å². The molecule has 184 valence electrons. The molecule has 0 saturated heterocycles. The summed E-state index contributed by atoms with van der Waals surface area (Å²) in [7, 11) is -2.28. The second-order valence-electron chi connectivity index (χ2n) is 8.50. The van der Waals surface area contributed by atoms with Crippen molar-refractivity contribution in [3.8, 4) is 0 Å². The number of aryl methyl sites for hydroxylation is 1. The van der Waals surface area contributed by atoms with Gasteiger partial charge in [-0.15, -0.1) is 0 Å². The normalized spacial score (nSPS) is 13.7. The predicted octanol–water partition coefficient (Wildman–Crippen LogP) is 3.97. The number of sulfonamides is 1. The third-order valence-corrected chi connectivity index (χ3v) is 8.15. The lowest BCUT2D eigenvalue weighted by atomic mass is 10.2. The number of halogens is 1. The number of carbonyl (C=O) groups is 1. The van der Waals surface area contributed by atoms with Gasteiger partial charge in [-0.25, -0.2) is 8.42 Å². The summed E-state index contributed by atoms with van der Waals surface area (Å²) in [5.74, 6) is -0.353. The third-order valence-electron chi connectivity index (χ3n) is 5.94. The van der Waals surface area contributed by atoms with Crippen molar-refractivity contribution in [1.82, 2.24) is 13.8 Å². The van der Waals surface area contributed by atoms with Crippen molar-refractivity contribution in [2.24, 2.45) is 7.05 Å². The lowest BCUT2D eigenvalue weighted by Crippen LogP contribution is -2.43. The molecule has 11 heteroatoms. The first-order chi connectivity index (χ1) is 16.7. The van der Waals surface area contributed by atoms with Crippen LogP contribution in [0.5, 0.6) is 0 Å². The minimum atomic E-state index is -4.16. The van der Waals surface area contributed by atoms with Crippen LogP contribution in [-0.2, 0) is 35.0 Å². The predicted molar refractivity (Wildman–Crippen MR) is 131 cm³/mol. The summed E-state index contributed by atoms with van der Waals surface area (Å²) in [5.41, 5.74) is 1.33. The van der Waals surface area contributed by atoms with Gasteiger partial charge in [-0.1, -0.05) is 41.9 Å². The van der Waals surface area contributed by atoms with E-state index in [9.17, 15) is 23.3 Å². The largest absolute Gasteiger partial charge is 0.353 e. The average Bonchev–Trinajstić information content (AvgIpc) is 3.59. The molecule has 1 amide bonds. The molecule has 1 aliphatic carbocycles. The van der Waals surface area contributed by atoms with E-state index in [2.05, 4.69) is 0 Å². The zero-order valence-electron chi connectivity index (χ0n) is 19.1. The number of nitro groups is 1. The Hall–Kier alpha value is -3.21. The van der Waals surface area contributed by atoms with Crippen LogP contribution >= 0.6 is 11.6 Å². The van der Waals surface area contributed by atoms with Crippen LogP contribution in [0.1, 0.15) is 24.1 Å². The van der Waals surface area contributed by atoms with Crippen molar-refractivity contribution >= 4 is 33.2 Å². The third kappa shape index (κ3) is 5.72. The van der Waals surface area contributed by atoms with E-state index in [0.29, 0.717) is 25.9 Å². The maximum absolute atomic E-state index is 13.5. The zero-order chi connectivity index (χ0) is 25.2. The Morgan fingerprint density at radius 2 is 1.83 bits per heavy atom. The Kier molecular flexibility index (Phi) is 7.25.